The maximum Gasteiger partial charge on any atom is 0.0408 e. The standard InChI is InChI=1S/C18H21Cl2N/c1-13(2)21-12-16(15-6-4-8-18(20)11-15)9-14-5-3-7-17(19)10-14/h3-8,10-11,13,16,21H,9,12H2,1-2H3. The molecular formula is C18H21Cl2N. The second kappa shape index (κ2) is 7.84. The Kier molecular flexibility index (Phi) is 6.10. The molecule has 2 rings (SSSR count). The summed E-state index contributed by atoms with van der Waals surface area (Å²) in [5, 5.41) is 5.09. The second-order valence-electron chi connectivity index (χ2n) is 5.65. The zero-order chi connectivity index (χ0) is 15.2. The van der Waals surface area contributed by atoms with Crippen LogP contribution in [0.25, 0.3) is 0 Å². The molecule has 1 nitrogen and oxygen atoms in total. The predicted octanol–water partition coefficient (Wildman–Crippen LogP) is 5.32. The molecular weight excluding hydrogens is 301 g/mol. The van der Waals surface area contributed by atoms with E-state index in [2.05, 4.69) is 37.4 Å². The molecule has 1 unspecified atom stereocenters. The van der Waals surface area contributed by atoms with Gasteiger partial charge < -0.3 is 5.32 Å². The van der Waals surface area contributed by atoms with E-state index in [0.717, 1.165) is 23.0 Å². The van der Waals surface area contributed by atoms with Crippen molar-refractivity contribution in [1.29, 1.82) is 0 Å². The van der Waals surface area contributed by atoms with Crippen molar-refractivity contribution in [3.8, 4) is 0 Å². The molecule has 0 heterocycles. The predicted molar refractivity (Wildman–Crippen MR) is 92.5 cm³/mol. The van der Waals surface area contributed by atoms with E-state index in [1.807, 2.05) is 30.3 Å². The van der Waals surface area contributed by atoms with E-state index in [1.165, 1.54) is 11.1 Å². The molecule has 1 atom stereocenters. The van der Waals surface area contributed by atoms with Crippen LogP contribution in [-0.2, 0) is 6.42 Å². The van der Waals surface area contributed by atoms with Crippen molar-refractivity contribution in [3.05, 3.63) is 69.7 Å². The van der Waals surface area contributed by atoms with Crippen LogP contribution >= 0.6 is 23.2 Å². The first kappa shape index (κ1) is 16.4. The van der Waals surface area contributed by atoms with E-state index in [9.17, 15) is 0 Å². The first-order chi connectivity index (χ1) is 10.0. The zero-order valence-corrected chi connectivity index (χ0v) is 14.0. The Morgan fingerprint density at radius 2 is 1.62 bits per heavy atom. The summed E-state index contributed by atoms with van der Waals surface area (Å²) >= 11 is 12.2. The van der Waals surface area contributed by atoms with Gasteiger partial charge in [-0.15, -0.1) is 0 Å². The molecule has 0 aliphatic carbocycles. The lowest BCUT2D eigenvalue weighted by atomic mass is 9.91. The van der Waals surface area contributed by atoms with Gasteiger partial charge in [0, 0.05) is 28.5 Å². The van der Waals surface area contributed by atoms with E-state index in [1.54, 1.807) is 0 Å². The third-order valence-corrected chi connectivity index (χ3v) is 3.93. The van der Waals surface area contributed by atoms with Crippen LogP contribution in [0.15, 0.2) is 48.5 Å². The molecule has 2 aromatic carbocycles. The van der Waals surface area contributed by atoms with Gasteiger partial charge in [-0.05, 0) is 41.8 Å². The Labute approximate surface area is 137 Å². The van der Waals surface area contributed by atoms with Gasteiger partial charge in [0.15, 0.2) is 0 Å². The molecule has 21 heavy (non-hydrogen) atoms. The minimum Gasteiger partial charge on any atom is -0.314 e. The van der Waals surface area contributed by atoms with E-state index >= 15 is 0 Å². The minimum absolute atomic E-state index is 0.379. The fraction of sp³-hybridized carbons (Fsp3) is 0.333. The molecule has 0 aliphatic rings. The van der Waals surface area contributed by atoms with Gasteiger partial charge in [-0.25, -0.2) is 0 Å². The molecule has 112 valence electrons. The summed E-state index contributed by atoms with van der Waals surface area (Å²) in [5.41, 5.74) is 2.51. The molecule has 1 N–H and O–H groups in total. The van der Waals surface area contributed by atoms with Crippen LogP contribution in [0.1, 0.15) is 30.9 Å². The molecule has 0 amide bonds. The summed E-state index contributed by atoms with van der Waals surface area (Å²) in [6.07, 6.45) is 0.945. The van der Waals surface area contributed by atoms with Crippen LogP contribution < -0.4 is 5.32 Å². The van der Waals surface area contributed by atoms with Crippen LogP contribution in [0.5, 0.6) is 0 Å². The van der Waals surface area contributed by atoms with Crippen molar-refractivity contribution in [3.63, 3.8) is 0 Å². The number of rotatable bonds is 6. The quantitative estimate of drug-likeness (QED) is 0.759. The van der Waals surface area contributed by atoms with Crippen molar-refractivity contribution >= 4 is 23.2 Å². The Morgan fingerprint density at radius 1 is 0.952 bits per heavy atom. The largest absolute Gasteiger partial charge is 0.314 e. The summed E-state index contributed by atoms with van der Waals surface area (Å²) in [6.45, 7) is 5.24. The Morgan fingerprint density at radius 3 is 2.24 bits per heavy atom. The molecule has 0 aromatic heterocycles. The molecule has 0 spiro atoms. The maximum atomic E-state index is 6.14. The van der Waals surface area contributed by atoms with E-state index < -0.39 is 0 Å². The van der Waals surface area contributed by atoms with Crippen molar-refractivity contribution < 1.29 is 0 Å². The fourth-order valence-electron chi connectivity index (χ4n) is 2.39. The summed E-state index contributed by atoms with van der Waals surface area (Å²) < 4.78 is 0. The van der Waals surface area contributed by atoms with Gasteiger partial charge in [0.05, 0.1) is 0 Å². The summed E-state index contributed by atoms with van der Waals surface area (Å²) in [5.74, 6) is 0.379. The van der Waals surface area contributed by atoms with Crippen molar-refractivity contribution in [2.45, 2.75) is 32.2 Å². The van der Waals surface area contributed by atoms with Gasteiger partial charge in [0.1, 0.15) is 0 Å². The fourth-order valence-corrected chi connectivity index (χ4v) is 2.81. The molecule has 0 saturated heterocycles. The normalized spacial score (nSPS) is 12.6. The molecule has 3 heteroatoms. The molecule has 0 fully saturated rings. The molecule has 0 aliphatic heterocycles. The van der Waals surface area contributed by atoms with Crippen LogP contribution in [0, 0.1) is 0 Å². The lowest BCUT2D eigenvalue weighted by Gasteiger charge is -2.20. The first-order valence-electron chi connectivity index (χ1n) is 7.28. The van der Waals surface area contributed by atoms with Gasteiger partial charge in [0.25, 0.3) is 0 Å². The van der Waals surface area contributed by atoms with Gasteiger partial charge in [0.2, 0.25) is 0 Å². The number of nitrogens with one attached hydrogen (secondary N) is 1. The number of hydrogen-bond donors (Lipinski definition) is 1. The number of benzene rings is 2. The SMILES string of the molecule is CC(C)NCC(Cc1cccc(Cl)c1)c1cccc(Cl)c1. The minimum atomic E-state index is 0.379. The third-order valence-electron chi connectivity index (χ3n) is 3.46. The van der Waals surface area contributed by atoms with Crippen molar-refractivity contribution in [2.75, 3.05) is 6.54 Å². The Balaban J connectivity index is 2.19. The lowest BCUT2D eigenvalue weighted by Crippen LogP contribution is -2.29. The second-order valence-corrected chi connectivity index (χ2v) is 6.52. The Bertz CT molecular complexity index is 581. The number of hydrogen-bond acceptors (Lipinski definition) is 1. The molecule has 0 radical (unpaired) electrons. The molecule has 0 saturated carbocycles. The van der Waals surface area contributed by atoms with Crippen LogP contribution in [0.2, 0.25) is 10.0 Å². The molecule has 2 aromatic rings. The first-order valence-corrected chi connectivity index (χ1v) is 8.03. The van der Waals surface area contributed by atoms with Crippen molar-refractivity contribution in [1.82, 2.24) is 5.32 Å². The summed E-state index contributed by atoms with van der Waals surface area (Å²) in [6, 6.07) is 16.7. The smallest absolute Gasteiger partial charge is 0.0408 e. The third kappa shape index (κ3) is 5.35. The maximum absolute atomic E-state index is 6.14. The lowest BCUT2D eigenvalue weighted by molar-refractivity contribution is 0.527. The van der Waals surface area contributed by atoms with Crippen LogP contribution in [0.4, 0.5) is 0 Å². The van der Waals surface area contributed by atoms with Crippen LogP contribution in [0.3, 0.4) is 0 Å². The van der Waals surface area contributed by atoms with E-state index in [4.69, 9.17) is 23.2 Å². The van der Waals surface area contributed by atoms with E-state index in [-0.39, 0.29) is 0 Å². The summed E-state index contributed by atoms with van der Waals surface area (Å²) in [4.78, 5) is 0. The number of halogens is 2. The van der Waals surface area contributed by atoms with Crippen LogP contribution in [-0.4, -0.2) is 12.6 Å². The average molecular weight is 322 g/mol. The highest BCUT2D eigenvalue weighted by Gasteiger charge is 2.13. The van der Waals surface area contributed by atoms with E-state index in [0.29, 0.717) is 12.0 Å². The molecule has 0 bridgehead atoms. The topological polar surface area (TPSA) is 12.0 Å². The monoisotopic (exact) mass is 321 g/mol. The van der Waals surface area contributed by atoms with Gasteiger partial charge >= 0.3 is 0 Å². The summed E-state index contributed by atoms with van der Waals surface area (Å²) in [7, 11) is 0. The highest BCUT2D eigenvalue weighted by atomic mass is 35.5. The Hall–Kier alpha value is -1.02. The highest BCUT2D eigenvalue weighted by molar-refractivity contribution is 6.30. The van der Waals surface area contributed by atoms with Gasteiger partial charge in [-0.3, -0.25) is 0 Å². The average Bonchev–Trinajstić information content (AvgIpc) is 2.43. The van der Waals surface area contributed by atoms with Crippen molar-refractivity contribution in [2.24, 2.45) is 0 Å². The zero-order valence-electron chi connectivity index (χ0n) is 12.4. The van der Waals surface area contributed by atoms with Gasteiger partial charge in [-0.2, -0.15) is 0 Å². The van der Waals surface area contributed by atoms with Gasteiger partial charge in [-0.1, -0.05) is 61.3 Å². The highest BCUT2D eigenvalue weighted by Crippen LogP contribution is 2.24.